The first-order chi connectivity index (χ1) is 17.9. The fourth-order valence-electron chi connectivity index (χ4n) is 4.66. The van der Waals surface area contributed by atoms with Crippen LogP contribution in [-0.4, -0.2) is 41.4 Å². The minimum Gasteiger partial charge on any atom is -0.507 e. The van der Waals surface area contributed by atoms with Crippen molar-refractivity contribution in [1.82, 2.24) is 4.90 Å². The summed E-state index contributed by atoms with van der Waals surface area (Å²) in [4.78, 5) is 30.2. The Balaban J connectivity index is 1.80. The van der Waals surface area contributed by atoms with Gasteiger partial charge in [-0.1, -0.05) is 24.3 Å². The molecule has 1 amide bonds. The number of hydrogen-bond acceptors (Lipinski definition) is 5. The third-order valence-corrected chi connectivity index (χ3v) is 6.58. The number of benzene rings is 3. The molecular weight excluding hydrogens is 471 g/mol. The van der Waals surface area contributed by atoms with Gasteiger partial charge in [0.05, 0.1) is 18.2 Å². The number of carbonyl (C=O) groups excluding carboxylic acids is 2. The summed E-state index contributed by atoms with van der Waals surface area (Å²) in [5, 5.41) is 11.3. The van der Waals surface area contributed by atoms with Crippen molar-refractivity contribution >= 4 is 23.1 Å². The van der Waals surface area contributed by atoms with E-state index in [1.54, 1.807) is 36.4 Å². The number of carbonyl (C=O) groups is 2. The summed E-state index contributed by atoms with van der Waals surface area (Å²) in [6.45, 7) is 8.31. The Bertz CT molecular complexity index is 1280. The van der Waals surface area contributed by atoms with Gasteiger partial charge in [0, 0.05) is 30.9 Å². The second-order valence-corrected chi connectivity index (χ2v) is 8.77. The largest absolute Gasteiger partial charge is 0.507 e. The Morgan fingerprint density at radius 1 is 0.919 bits per heavy atom. The monoisotopic (exact) mass is 502 g/mol. The minimum absolute atomic E-state index is 0.0202. The van der Waals surface area contributed by atoms with Crippen molar-refractivity contribution in [3.63, 3.8) is 0 Å². The first-order valence-electron chi connectivity index (χ1n) is 12.5. The number of anilines is 1. The summed E-state index contributed by atoms with van der Waals surface area (Å²) in [6.07, 6.45) is 0. The number of amides is 1. The topological polar surface area (TPSA) is 70.1 Å². The average Bonchev–Trinajstić information content (AvgIpc) is 3.16. The van der Waals surface area contributed by atoms with Gasteiger partial charge in [-0.15, -0.1) is 0 Å². The third kappa shape index (κ3) is 5.35. The second kappa shape index (κ2) is 11.3. The third-order valence-electron chi connectivity index (χ3n) is 6.58. The Morgan fingerprint density at radius 2 is 1.54 bits per heavy atom. The maximum atomic E-state index is 13.5. The summed E-state index contributed by atoms with van der Waals surface area (Å²) < 4.78 is 19.0. The number of ketones is 1. The van der Waals surface area contributed by atoms with E-state index in [-0.39, 0.29) is 23.7 Å². The van der Waals surface area contributed by atoms with E-state index in [1.807, 2.05) is 31.2 Å². The molecule has 1 N–H and O–H groups in total. The highest BCUT2D eigenvalue weighted by Gasteiger charge is 2.46. The highest BCUT2D eigenvalue weighted by molar-refractivity contribution is 6.46. The smallest absolute Gasteiger partial charge is 0.295 e. The first-order valence-corrected chi connectivity index (χ1v) is 12.5. The Hall–Kier alpha value is -4.13. The molecule has 4 rings (SSSR count). The zero-order valence-corrected chi connectivity index (χ0v) is 21.3. The molecule has 192 valence electrons. The average molecular weight is 503 g/mol. The molecule has 0 spiro atoms. The van der Waals surface area contributed by atoms with Gasteiger partial charge in [-0.2, -0.15) is 0 Å². The van der Waals surface area contributed by atoms with Crippen LogP contribution >= 0.6 is 0 Å². The Labute approximate surface area is 216 Å². The van der Waals surface area contributed by atoms with E-state index in [4.69, 9.17) is 4.74 Å². The summed E-state index contributed by atoms with van der Waals surface area (Å²) in [5.74, 6) is -1.47. The molecule has 1 aliphatic heterocycles. The number of likely N-dealkylation sites (tertiary alicyclic amines) is 1. The van der Waals surface area contributed by atoms with Crippen molar-refractivity contribution in [2.45, 2.75) is 33.4 Å². The highest BCUT2D eigenvalue weighted by Crippen LogP contribution is 2.41. The molecule has 37 heavy (non-hydrogen) atoms. The highest BCUT2D eigenvalue weighted by atomic mass is 19.1. The van der Waals surface area contributed by atoms with Crippen molar-refractivity contribution in [3.8, 4) is 5.75 Å². The lowest BCUT2D eigenvalue weighted by Gasteiger charge is -2.27. The van der Waals surface area contributed by atoms with Crippen LogP contribution in [0.1, 0.15) is 43.5 Å². The summed E-state index contributed by atoms with van der Waals surface area (Å²) in [5.41, 5.74) is 2.83. The van der Waals surface area contributed by atoms with Gasteiger partial charge in [-0.3, -0.25) is 9.59 Å². The SMILES string of the molecule is CCOc1ccc(/C(O)=C2/C(=O)C(=O)N(Cc3ccc(F)cc3)C2c2ccc(N(CC)CC)cc2)cc1. The van der Waals surface area contributed by atoms with Crippen molar-refractivity contribution in [2.75, 3.05) is 24.6 Å². The second-order valence-electron chi connectivity index (χ2n) is 8.77. The van der Waals surface area contributed by atoms with Crippen LogP contribution in [0.4, 0.5) is 10.1 Å². The van der Waals surface area contributed by atoms with E-state index in [9.17, 15) is 19.1 Å². The zero-order chi connectivity index (χ0) is 26.5. The first kappa shape index (κ1) is 25.9. The van der Waals surface area contributed by atoms with Crippen LogP contribution in [0.15, 0.2) is 78.4 Å². The van der Waals surface area contributed by atoms with Crippen LogP contribution in [0.5, 0.6) is 5.75 Å². The molecule has 3 aromatic rings. The molecule has 0 aliphatic carbocycles. The number of halogens is 1. The summed E-state index contributed by atoms with van der Waals surface area (Å²) in [6, 6.07) is 19.4. The molecular formula is C30H31FN2O4. The molecule has 0 radical (unpaired) electrons. The molecule has 1 saturated heterocycles. The lowest BCUT2D eigenvalue weighted by Crippen LogP contribution is -2.29. The van der Waals surface area contributed by atoms with Gasteiger partial charge in [0.25, 0.3) is 11.7 Å². The van der Waals surface area contributed by atoms with E-state index in [1.165, 1.54) is 17.0 Å². The lowest BCUT2D eigenvalue weighted by atomic mass is 9.95. The Morgan fingerprint density at radius 3 is 2.11 bits per heavy atom. The molecule has 1 atom stereocenters. The van der Waals surface area contributed by atoms with Crippen LogP contribution in [0.25, 0.3) is 5.76 Å². The van der Waals surface area contributed by atoms with Gasteiger partial charge in [0.2, 0.25) is 0 Å². The minimum atomic E-state index is -0.803. The van der Waals surface area contributed by atoms with Gasteiger partial charge < -0.3 is 19.6 Å². The molecule has 0 aromatic heterocycles. The molecule has 1 fully saturated rings. The van der Waals surface area contributed by atoms with E-state index >= 15 is 0 Å². The number of rotatable bonds is 9. The van der Waals surface area contributed by atoms with Crippen LogP contribution in [0, 0.1) is 5.82 Å². The number of ether oxygens (including phenoxy) is 1. The Kier molecular flexibility index (Phi) is 7.92. The van der Waals surface area contributed by atoms with Gasteiger partial charge >= 0.3 is 0 Å². The maximum absolute atomic E-state index is 13.5. The molecule has 1 aliphatic rings. The van der Waals surface area contributed by atoms with Gasteiger partial charge in [-0.05, 0) is 80.4 Å². The van der Waals surface area contributed by atoms with Crippen LogP contribution in [0.3, 0.4) is 0 Å². The van der Waals surface area contributed by atoms with E-state index in [0.29, 0.717) is 29.0 Å². The number of aliphatic hydroxyl groups is 1. The number of nitrogens with zero attached hydrogens (tertiary/aromatic N) is 2. The van der Waals surface area contributed by atoms with Crippen molar-refractivity contribution in [3.05, 3.63) is 101 Å². The van der Waals surface area contributed by atoms with Crippen LogP contribution in [-0.2, 0) is 16.1 Å². The van der Waals surface area contributed by atoms with Crippen molar-refractivity contribution < 1.29 is 23.8 Å². The molecule has 3 aromatic carbocycles. The van der Waals surface area contributed by atoms with Crippen molar-refractivity contribution in [1.29, 1.82) is 0 Å². The number of aliphatic hydroxyl groups excluding tert-OH is 1. The fourth-order valence-corrected chi connectivity index (χ4v) is 4.66. The predicted molar refractivity (Wildman–Crippen MR) is 142 cm³/mol. The molecule has 6 nitrogen and oxygen atoms in total. The normalized spacial score (nSPS) is 16.8. The summed E-state index contributed by atoms with van der Waals surface area (Å²) in [7, 11) is 0. The van der Waals surface area contributed by atoms with E-state index in [2.05, 4.69) is 18.7 Å². The molecule has 1 heterocycles. The number of hydrogen-bond donors (Lipinski definition) is 1. The molecule has 0 saturated carbocycles. The van der Waals surface area contributed by atoms with Gasteiger partial charge in [0.15, 0.2) is 0 Å². The van der Waals surface area contributed by atoms with E-state index in [0.717, 1.165) is 18.8 Å². The molecule has 7 heteroatoms. The van der Waals surface area contributed by atoms with Crippen molar-refractivity contribution in [2.24, 2.45) is 0 Å². The van der Waals surface area contributed by atoms with Crippen LogP contribution in [0.2, 0.25) is 0 Å². The maximum Gasteiger partial charge on any atom is 0.295 e. The summed E-state index contributed by atoms with van der Waals surface area (Å²) >= 11 is 0. The van der Waals surface area contributed by atoms with Crippen LogP contribution < -0.4 is 9.64 Å². The predicted octanol–water partition coefficient (Wildman–Crippen LogP) is 5.69. The number of Topliss-reactive ketones (excluding diaryl/α,β-unsaturated/α-hetero) is 1. The quantitative estimate of drug-likeness (QED) is 0.231. The van der Waals surface area contributed by atoms with Gasteiger partial charge in [0.1, 0.15) is 17.3 Å². The zero-order valence-electron chi connectivity index (χ0n) is 21.3. The van der Waals surface area contributed by atoms with Gasteiger partial charge in [-0.25, -0.2) is 4.39 Å². The molecule has 1 unspecified atom stereocenters. The standard InChI is InChI=1S/C30H31FN2O4/c1-4-32(5-2)24-15-9-21(10-16-24)27-26(28(34)22-11-17-25(18-12-22)37-6-3)29(35)30(36)33(27)19-20-7-13-23(31)14-8-20/h7-18,27,34H,4-6,19H2,1-3H3/b28-26-. The molecule has 0 bridgehead atoms. The fraction of sp³-hybridized carbons (Fsp3) is 0.267. The lowest BCUT2D eigenvalue weighted by molar-refractivity contribution is -0.140. The van der Waals surface area contributed by atoms with E-state index < -0.39 is 17.7 Å².